The molecule has 1 saturated heterocycles. The molecule has 0 aromatic heterocycles. The van der Waals surface area contributed by atoms with E-state index in [0.717, 1.165) is 18.6 Å². The van der Waals surface area contributed by atoms with Crippen molar-refractivity contribution in [2.45, 2.75) is 25.9 Å². The lowest BCUT2D eigenvalue weighted by atomic mass is 9.98. The quantitative estimate of drug-likeness (QED) is 0.823. The first-order chi connectivity index (χ1) is 11.8. The summed E-state index contributed by atoms with van der Waals surface area (Å²) in [6, 6.07) is 4.50. The number of halogens is 3. The van der Waals surface area contributed by atoms with Crippen molar-refractivity contribution >= 4 is 17.6 Å². The zero-order chi connectivity index (χ0) is 18.4. The molecule has 1 aromatic carbocycles. The van der Waals surface area contributed by atoms with Crippen LogP contribution in [0.4, 0.5) is 18.9 Å². The maximum atomic E-state index is 12.7. The minimum Gasteiger partial charge on any atom is -0.466 e. The normalized spacial score (nSPS) is 18.6. The van der Waals surface area contributed by atoms with E-state index in [1.807, 2.05) is 4.90 Å². The predicted molar refractivity (Wildman–Crippen MR) is 85.9 cm³/mol. The van der Waals surface area contributed by atoms with Crippen molar-refractivity contribution in [3.05, 3.63) is 29.8 Å². The van der Waals surface area contributed by atoms with Crippen molar-refractivity contribution in [2.24, 2.45) is 5.92 Å². The van der Waals surface area contributed by atoms with Crippen LogP contribution in [-0.4, -0.2) is 43.0 Å². The Morgan fingerprint density at radius 1 is 1.36 bits per heavy atom. The van der Waals surface area contributed by atoms with Gasteiger partial charge in [0.2, 0.25) is 5.91 Å². The zero-order valence-electron chi connectivity index (χ0n) is 13.9. The van der Waals surface area contributed by atoms with Crippen LogP contribution < -0.4 is 5.32 Å². The van der Waals surface area contributed by atoms with E-state index in [-0.39, 0.29) is 24.1 Å². The van der Waals surface area contributed by atoms with Crippen LogP contribution in [0.5, 0.6) is 0 Å². The molecule has 1 fully saturated rings. The summed E-state index contributed by atoms with van der Waals surface area (Å²) in [5.74, 6) is -0.954. The van der Waals surface area contributed by atoms with Gasteiger partial charge in [-0.05, 0) is 44.5 Å². The molecular weight excluding hydrogens is 337 g/mol. The lowest BCUT2D eigenvalue weighted by Gasteiger charge is -2.30. The molecule has 0 saturated carbocycles. The van der Waals surface area contributed by atoms with Crippen LogP contribution in [0.25, 0.3) is 0 Å². The number of carbonyl (C=O) groups is 2. The number of rotatable bonds is 5. The molecule has 1 aliphatic rings. The van der Waals surface area contributed by atoms with Gasteiger partial charge in [-0.25, -0.2) is 0 Å². The summed E-state index contributed by atoms with van der Waals surface area (Å²) in [6.45, 7) is 3.14. The largest absolute Gasteiger partial charge is 0.466 e. The third kappa shape index (κ3) is 5.74. The Hall–Kier alpha value is -2.09. The smallest absolute Gasteiger partial charge is 0.416 e. The van der Waals surface area contributed by atoms with Gasteiger partial charge in [-0.2, -0.15) is 13.2 Å². The molecule has 8 heteroatoms. The summed E-state index contributed by atoms with van der Waals surface area (Å²) in [6.07, 6.45) is -2.98. The van der Waals surface area contributed by atoms with Gasteiger partial charge in [0.1, 0.15) is 0 Å². The van der Waals surface area contributed by atoms with Crippen molar-refractivity contribution in [2.75, 3.05) is 31.6 Å². The second kappa shape index (κ2) is 8.33. The Bertz CT molecular complexity index is 619. The topological polar surface area (TPSA) is 58.6 Å². The van der Waals surface area contributed by atoms with Gasteiger partial charge in [-0.1, -0.05) is 6.07 Å². The van der Waals surface area contributed by atoms with Crippen LogP contribution in [0.3, 0.4) is 0 Å². The van der Waals surface area contributed by atoms with Gasteiger partial charge in [0, 0.05) is 12.2 Å². The number of ether oxygens (including phenoxy) is 1. The van der Waals surface area contributed by atoms with Crippen LogP contribution in [-0.2, 0) is 20.5 Å². The van der Waals surface area contributed by atoms with Crippen LogP contribution in [0, 0.1) is 5.92 Å². The number of hydrogen-bond donors (Lipinski definition) is 1. The van der Waals surface area contributed by atoms with E-state index in [1.54, 1.807) is 6.92 Å². The lowest BCUT2D eigenvalue weighted by Crippen LogP contribution is -2.43. The average molecular weight is 358 g/mol. The van der Waals surface area contributed by atoms with E-state index >= 15 is 0 Å². The molecule has 2 rings (SSSR count). The molecular formula is C17H21F3N2O3. The number of alkyl halides is 3. The molecule has 138 valence electrons. The van der Waals surface area contributed by atoms with E-state index < -0.39 is 17.6 Å². The number of likely N-dealkylation sites (tertiary alicyclic amines) is 1. The molecule has 0 aliphatic carbocycles. The van der Waals surface area contributed by atoms with Crippen molar-refractivity contribution < 1.29 is 27.5 Å². The Labute approximate surface area is 144 Å². The van der Waals surface area contributed by atoms with Crippen molar-refractivity contribution in [3.63, 3.8) is 0 Å². The minimum absolute atomic E-state index is 0.0200. The number of hydrogen-bond acceptors (Lipinski definition) is 4. The summed E-state index contributed by atoms with van der Waals surface area (Å²) in [4.78, 5) is 25.7. The highest BCUT2D eigenvalue weighted by molar-refractivity contribution is 5.92. The minimum atomic E-state index is -4.46. The number of amides is 1. The second-order valence-corrected chi connectivity index (χ2v) is 5.95. The number of piperidine rings is 1. The van der Waals surface area contributed by atoms with Gasteiger partial charge >= 0.3 is 12.1 Å². The number of anilines is 1. The molecule has 25 heavy (non-hydrogen) atoms. The first-order valence-corrected chi connectivity index (χ1v) is 8.15. The van der Waals surface area contributed by atoms with Crippen LogP contribution in [0.2, 0.25) is 0 Å². The third-order valence-corrected chi connectivity index (χ3v) is 3.97. The maximum Gasteiger partial charge on any atom is 0.416 e. The Morgan fingerprint density at radius 3 is 2.80 bits per heavy atom. The monoisotopic (exact) mass is 358 g/mol. The van der Waals surface area contributed by atoms with Gasteiger partial charge in [0.15, 0.2) is 0 Å². The average Bonchev–Trinajstić information content (AvgIpc) is 2.54. The van der Waals surface area contributed by atoms with Crippen LogP contribution in [0.1, 0.15) is 25.3 Å². The van der Waals surface area contributed by atoms with Gasteiger partial charge in [-0.15, -0.1) is 0 Å². The van der Waals surface area contributed by atoms with Gasteiger partial charge in [0.25, 0.3) is 0 Å². The number of esters is 1. The Morgan fingerprint density at radius 2 is 2.12 bits per heavy atom. The molecule has 1 N–H and O–H groups in total. The standard InChI is InChI=1S/C17H21F3N2O3/c1-2-25-16(24)12-5-4-8-22(10-12)11-15(23)21-14-7-3-6-13(9-14)17(18,19)20/h3,6-7,9,12H,2,4-5,8,10-11H2,1H3,(H,21,23)/t12-/m0/s1. The highest BCUT2D eigenvalue weighted by atomic mass is 19.4. The third-order valence-electron chi connectivity index (χ3n) is 3.97. The van der Waals surface area contributed by atoms with Crippen molar-refractivity contribution in [3.8, 4) is 0 Å². The maximum absolute atomic E-state index is 12.7. The molecule has 1 aromatic rings. The highest BCUT2D eigenvalue weighted by Crippen LogP contribution is 2.30. The lowest BCUT2D eigenvalue weighted by molar-refractivity contribution is -0.150. The second-order valence-electron chi connectivity index (χ2n) is 5.95. The molecule has 0 spiro atoms. The van der Waals surface area contributed by atoms with E-state index in [9.17, 15) is 22.8 Å². The number of nitrogens with one attached hydrogen (secondary N) is 1. The fourth-order valence-electron chi connectivity index (χ4n) is 2.83. The SMILES string of the molecule is CCOC(=O)[C@H]1CCCN(CC(=O)Nc2cccc(C(F)(F)F)c2)C1. The molecule has 1 heterocycles. The predicted octanol–water partition coefficient (Wildman–Crippen LogP) is 2.92. The molecule has 0 unspecified atom stereocenters. The summed E-state index contributed by atoms with van der Waals surface area (Å²) in [5.41, 5.74) is -0.718. The van der Waals surface area contributed by atoms with E-state index in [1.165, 1.54) is 12.1 Å². The molecule has 1 atom stereocenters. The number of carbonyl (C=O) groups excluding carboxylic acids is 2. The first kappa shape index (κ1) is 19.2. The van der Waals surface area contributed by atoms with Crippen molar-refractivity contribution in [1.82, 2.24) is 4.90 Å². The van der Waals surface area contributed by atoms with E-state index in [2.05, 4.69) is 5.32 Å². The number of benzene rings is 1. The Balaban J connectivity index is 1.91. The van der Waals surface area contributed by atoms with Gasteiger partial charge in [0.05, 0.1) is 24.6 Å². The van der Waals surface area contributed by atoms with E-state index in [0.29, 0.717) is 26.1 Å². The van der Waals surface area contributed by atoms with Crippen molar-refractivity contribution in [1.29, 1.82) is 0 Å². The molecule has 1 aliphatic heterocycles. The molecule has 0 bridgehead atoms. The summed E-state index contributed by atoms with van der Waals surface area (Å²) in [7, 11) is 0. The van der Waals surface area contributed by atoms with Gasteiger partial charge < -0.3 is 10.1 Å². The fourth-order valence-corrected chi connectivity index (χ4v) is 2.83. The zero-order valence-corrected chi connectivity index (χ0v) is 13.9. The summed E-state index contributed by atoms with van der Waals surface area (Å²) >= 11 is 0. The van der Waals surface area contributed by atoms with E-state index in [4.69, 9.17) is 4.74 Å². The molecule has 5 nitrogen and oxygen atoms in total. The molecule has 1 amide bonds. The Kier molecular flexibility index (Phi) is 6.41. The van der Waals surface area contributed by atoms with Crippen LogP contribution in [0.15, 0.2) is 24.3 Å². The molecule has 0 radical (unpaired) electrons. The first-order valence-electron chi connectivity index (χ1n) is 8.15. The summed E-state index contributed by atoms with van der Waals surface area (Å²) < 4.78 is 43.1. The van der Waals surface area contributed by atoms with Gasteiger partial charge in [-0.3, -0.25) is 14.5 Å². The fraction of sp³-hybridized carbons (Fsp3) is 0.529. The highest BCUT2D eigenvalue weighted by Gasteiger charge is 2.31. The summed E-state index contributed by atoms with van der Waals surface area (Å²) in [5, 5.41) is 2.47. The van der Waals surface area contributed by atoms with Crippen LogP contribution >= 0.6 is 0 Å². The number of nitrogens with zero attached hydrogens (tertiary/aromatic N) is 1.